The normalized spacial score (nSPS) is 16.1. The van der Waals surface area contributed by atoms with E-state index in [-0.39, 0.29) is 12.8 Å². The maximum atomic E-state index is 12.0. The summed E-state index contributed by atoms with van der Waals surface area (Å²) in [6.07, 6.45) is 0.930. The molecule has 0 spiro atoms. The number of para-hydroxylation sites is 1. The van der Waals surface area contributed by atoms with Crippen molar-refractivity contribution in [2.75, 3.05) is 56.3 Å². The Morgan fingerprint density at radius 1 is 0.964 bits per heavy atom. The van der Waals surface area contributed by atoms with E-state index in [9.17, 15) is 4.79 Å². The number of anilines is 2. The van der Waals surface area contributed by atoms with E-state index in [4.69, 9.17) is 9.47 Å². The molecule has 2 heterocycles. The van der Waals surface area contributed by atoms with E-state index >= 15 is 0 Å². The van der Waals surface area contributed by atoms with E-state index in [0.717, 1.165) is 39.1 Å². The number of hydrogen-bond donors (Lipinski definition) is 2. The van der Waals surface area contributed by atoms with Gasteiger partial charge in [-0.05, 0) is 37.2 Å². The van der Waals surface area contributed by atoms with Crippen molar-refractivity contribution in [3.8, 4) is 11.5 Å². The highest BCUT2D eigenvalue weighted by molar-refractivity contribution is 5.89. The van der Waals surface area contributed by atoms with Gasteiger partial charge in [0.2, 0.25) is 6.79 Å². The number of nitrogens with zero attached hydrogens (tertiary/aromatic N) is 2. The molecule has 0 bridgehead atoms. The van der Waals surface area contributed by atoms with E-state index in [1.165, 1.54) is 5.69 Å². The van der Waals surface area contributed by atoms with Crippen molar-refractivity contribution in [2.24, 2.45) is 0 Å². The van der Waals surface area contributed by atoms with Gasteiger partial charge in [0.25, 0.3) is 0 Å². The molecule has 2 aliphatic heterocycles. The average molecular weight is 382 g/mol. The quantitative estimate of drug-likeness (QED) is 0.752. The third-order valence-corrected chi connectivity index (χ3v) is 5.06. The molecule has 0 aromatic heterocycles. The number of fused-ring (bicyclic) bond motifs is 1. The number of amides is 2. The van der Waals surface area contributed by atoms with Crippen LogP contribution < -0.4 is 25.0 Å². The Kier molecular flexibility index (Phi) is 5.82. The van der Waals surface area contributed by atoms with Crippen LogP contribution in [0.25, 0.3) is 0 Å². The molecule has 0 atom stereocenters. The first-order valence-electron chi connectivity index (χ1n) is 9.75. The van der Waals surface area contributed by atoms with Gasteiger partial charge in [0.1, 0.15) is 0 Å². The molecule has 2 N–H and O–H groups in total. The first kappa shape index (κ1) is 18.4. The standard InChI is InChI=1S/C21H26N4O3/c26-21(23-17-7-8-19-20(15-17)28-16-27-19)22-9-4-10-24-11-13-25(14-12-24)18-5-2-1-3-6-18/h1-3,5-8,15H,4,9-14,16H2,(H2,22,23,26). The zero-order chi connectivity index (χ0) is 19.2. The Hall–Kier alpha value is -2.93. The molecule has 0 unspecified atom stereocenters. The number of hydrogen-bond acceptors (Lipinski definition) is 5. The Morgan fingerprint density at radius 3 is 2.57 bits per heavy atom. The Bertz CT molecular complexity index is 791. The molecule has 1 fully saturated rings. The summed E-state index contributed by atoms with van der Waals surface area (Å²) in [6.45, 7) is 6.06. The van der Waals surface area contributed by atoms with Gasteiger partial charge in [-0.2, -0.15) is 0 Å². The average Bonchev–Trinajstić information content (AvgIpc) is 3.20. The molecule has 0 saturated carbocycles. The lowest BCUT2D eigenvalue weighted by atomic mass is 10.2. The summed E-state index contributed by atoms with van der Waals surface area (Å²) < 4.78 is 10.6. The summed E-state index contributed by atoms with van der Waals surface area (Å²) in [6, 6.07) is 15.7. The zero-order valence-electron chi connectivity index (χ0n) is 15.9. The van der Waals surface area contributed by atoms with Gasteiger partial charge in [0.15, 0.2) is 11.5 Å². The van der Waals surface area contributed by atoms with E-state index in [0.29, 0.717) is 23.7 Å². The lowest BCUT2D eigenvalue weighted by Gasteiger charge is -2.36. The van der Waals surface area contributed by atoms with Crippen LogP contribution in [0.4, 0.5) is 16.2 Å². The fourth-order valence-electron chi connectivity index (χ4n) is 3.52. The number of benzene rings is 2. The highest BCUT2D eigenvalue weighted by atomic mass is 16.7. The van der Waals surface area contributed by atoms with Crippen molar-refractivity contribution >= 4 is 17.4 Å². The fourth-order valence-corrected chi connectivity index (χ4v) is 3.52. The van der Waals surface area contributed by atoms with Gasteiger partial charge >= 0.3 is 6.03 Å². The van der Waals surface area contributed by atoms with Gasteiger partial charge in [-0.15, -0.1) is 0 Å². The predicted molar refractivity (Wildman–Crippen MR) is 109 cm³/mol. The molecule has 2 aromatic carbocycles. The Morgan fingerprint density at radius 2 is 1.75 bits per heavy atom. The maximum absolute atomic E-state index is 12.0. The van der Waals surface area contributed by atoms with Crippen LogP contribution in [0.5, 0.6) is 11.5 Å². The second-order valence-corrected chi connectivity index (χ2v) is 6.97. The number of urea groups is 1. The number of nitrogens with one attached hydrogen (secondary N) is 2. The first-order valence-corrected chi connectivity index (χ1v) is 9.75. The van der Waals surface area contributed by atoms with Crippen molar-refractivity contribution in [1.29, 1.82) is 0 Å². The van der Waals surface area contributed by atoms with E-state index in [2.05, 4.69) is 50.8 Å². The van der Waals surface area contributed by atoms with Gasteiger partial charge in [-0.3, -0.25) is 4.90 Å². The summed E-state index contributed by atoms with van der Waals surface area (Å²) in [4.78, 5) is 16.9. The van der Waals surface area contributed by atoms with Crippen LogP contribution in [-0.2, 0) is 0 Å². The van der Waals surface area contributed by atoms with Crippen LogP contribution in [0, 0.1) is 0 Å². The lowest BCUT2D eigenvalue weighted by molar-refractivity contribution is 0.174. The molecule has 4 rings (SSSR count). The molecular formula is C21H26N4O3. The van der Waals surface area contributed by atoms with Crippen LogP contribution in [0.2, 0.25) is 0 Å². The Balaban J connectivity index is 1.12. The smallest absolute Gasteiger partial charge is 0.319 e. The minimum atomic E-state index is -0.201. The highest BCUT2D eigenvalue weighted by Crippen LogP contribution is 2.34. The molecule has 7 nitrogen and oxygen atoms in total. The van der Waals surface area contributed by atoms with E-state index in [1.54, 1.807) is 18.2 Å². The minimum absolute atomic E-state index is 0.201. The van der Waals surface area contributed by atoms with Crippen LogP contribution in [0.3, 0.4) is 0 Å². The van der Waals surface area contributed by atoms with Crippen molar-refractivity contribution in [3.05, 3.63) is 48.5 Å². The third kappa shape index (κ3) is 4.67. The van der Waals surface area contributed by atoms with Gasteiger partial charge in [-0.1, -0.05) is 18.2 Å². The molecule has 2 aliphatic rings. The summed E-state index contributed by atoms with van der Waals surface area (Å²) in [7, 11) is 0. The monoisotopic (exact) mass is 382 g/mol. The van der Waals surface area contributed by atoms with Gasteiger partial charge in [0.05, 0.1) is 0 Å². The minimum Gasteiger partial charge on any atom is -0.454 e. The van der Waals surface area contributed by atoms with Crippen LogP contribution in [-0.4, -0.2) is 57.0 Å². The molecule has 1 saturated heterocycles. The van der Waals surface area contributed by atoms with Crippen LogP contribution in [0.15, 0.2) is 48.5 Å². The number of carbonyl (C=O) groups excluding carboxylic acids is 1. The van der Waals surface area contributed by atoms with E-state index < -0.39 is 0 Å². The van der Waals surface area contributed by atoms with Crippen molar-refractivity contribution in [2.45, 2.75) is 6.42 Å². The summed E-state index contributed by atoms with van der Waals surface area (Å²) in [5.41, 5.74) is 1.99. The maximum Gasteiger partial charge on any atom is 0.319 e. The molecule has 0 aliphatic carbocycles. The number of carbonyl (C=O) groups is 1. The first-order chi connectivity index (χ1) is 13.8. The fraction of sp³-hybridized carbons (Fsp3) is 0.381. The zero-order valence-corrected chi connectivity index (χ0v) is 15.9. The molecule has 28 heavy (non-hydrogen) atoms. The number of ether oxygens (including phenoxy) is 2. The summed E-state index contributed by atoms with van der Waals surface area (Å²) in [5.74, 6) is 1.37. The summed E-state index contributed by atoms with van der Waals surface area (Å²) >= 11 is 0. The van der Waals surface area contributed by atoms with Crippen LogP contribution >= 0.6 is 0 Å². The van der Waals surface area contributed by atoms with Crippen LogP contribution in [0.1, 0.15) is 6.42 Å². The van der Waals surface area contributed by atoms with Crippen molar-refractivity contribution in [1.82, 2.24) is 10.2 Å². The third-order valence-electron chi connectivity index (χ3n) is 5.06. The lowest BCUT2D eigenvalue weighted by Crippen LogP contribution is -2.47. The molecule has 148 valence electrons. The van der Waals surface area contributed by atoms with E-state index in [1.807, 2.05) is 0 Å². The molecule has 7 heteroatoms. The second-order valence-electron chi connectivity index (χ2n) is 6.97. The van der Waals surface area contributed by atoms with Gasteiger partial charge in [0, 0.05) is 50.2 Å². The summed E-state index contributed by atoms with van der Waals surface area (Å²) in [5, 5.41) is 5.74. The largest absolute Gasteiger partial charge is 0.454 e. The highest BCUT2D eigenvalue weighted by Gasteiger charge is 2.17. The molecular weight excluding hydrogens is 356 g/mol. The Labute approximate surface area is 165 Å². The second kappa shape index (κ2) is 8.84. The predicted octanol–water partition coefficient (Wildman–Crippen LogP) is 2.75. The van der Waals surface area contributed by atoms with Gasteiger partial charge in [-0.25, -0.2) is 4.79 Å². The SMILES string of the molecule is O=C(NCCCN1CCN(c2ccccc2)CC1)Nc1ccc2c(c1)OCO2. The van der Waals surface area contributed by atoms with Crippen molar-refractivity contribution < 1.29 is 14.3 Å². The number of rotatable bonds is 6. The molecule has 0 radical (unpaired) electrons. The van der Waals surface area contributed by atoms with Gasteiger partial charge < -0.3 is 25.0 Å². The topological polar surface area (TPSA) is 66.1 Å². The molecule has 2 amide bonds. The number of piperazine rings is 1. The molecule has 2 aromatic rings. The van der Waals surface area contributed by atoms with Crippen molar-refractivity contribution in [3.63, 3.8) is 0 Å².